The first-order valence-electron chi connectivity index (χ1n) is 8.12. The van der Waals surface area contributed by atoms with Crippen molar-refractivity contribution >= 4 is 33.3 Å². The molecule has 26 heavy (non-hydrogen) atoms. The van der Waals surface area contributed by atoms with Gasteiger partial charge in [0, 0.05) is 50.7 Å². The van der Waals surface area contributed by atoms with E-state index >= 15 is 0 Å². The molecule has 1 unspecified atom stereocenters. The van der Waals surface area contributed by atoms with Crippen molar-refractivity contribution in [2.45, 2.75) is 10.9 Å². The van der Waals surface area contributed by atoms with Crippen LogP contribution in [-0.4, -0.2) is 46.9 Å². The zero-order valence-corrected chi connectivity index (χ0v) is 15.9. The summed E-state index contributed by atoms with van der Waals surface area (Å²) in [6, 6.07) is 8.41. The molecule has 3 aromatic rings. The molecule has 0 aliphatic carbocycles. The molecule has 0 radical (unpaired) electrons. The number of fused-ring (bicyclic) bond motifs is 1. The van der Waals surface area contributed by atoms with Crippen LogP contribution in [0.5, 0.6) is 0 Å². The molecule has 0 amide bonds. The zero-order chi connectivity index (χ0) is 17.4. The predicted octanol–water partition coefficient (Wildman–Crippen LogP) is 1.73. The summed E-state index contributed by atoms with van der Waals surface area (Å²) in [4.78, 5) is 8.89. The van der Waals surface area contributed by atoms with Gasteiger partial charge in [0.15, 0.2) is 0 Å². The number of aryl methyl sites for hydroxylation is 1. The largest absolute Gasteiger partial charge is 0.337 e. The molecular weight excluding hydrogens is 374 g/mol. The third-order valence-corrected chi connectivity index (χ3v) is 6.44. The van der Waals surface area contributed by atoms with Gasteiger partial charge in [-0.2, -0.15) is 4.31 Å². The van der Waals surface area contributed by atoms with E-state index in [1.165, 1.54) is 0 Å². The van der Waals surface area contributed by atoms with Crippen molar-refractivity contribution in [2.24, 2.45) is 7.05 Å². The monoisotopic (exact) mass is 393 g/mol. The molecule has 1 saturated heterocycles. The number of imidazole rings is 1. The number of hydrogen-bond acceptors (Lipinski definition) is 5. The molecule has 2 aromatic heterocycles. The van der Waals surface area contributed by atoms with Crippen molar-refractivity contribution in [1.29, 1.82) is 0 Å². The van der Waals surface area contributed by atoms with Gasteiger partial charge in [-0.05, 0) is 24.3 Å². The molecule has 1 fully saturated rings. The van der Waals surface area contributed by atoms with Crippen molar-refractivity contribution in [3.63, 3.8) is 0 Å². The van der Waals surface area contributed by atoms with Crippen LogP contribution in [0.1, 0.15) is 11.9 Å². The molecule has 0 saturated carbocycles. The van der Waals surface area contributed by atoms with Crippen LogP contribution in [0, 0.1) is 0 Å². The van der Waals surface area contributed by atoms with E-state index in [2.05, 4.69) is 15.3 Å². The van der Waals surface area contributed by atoms with Gasteiger partial charge in [-0.15, -0.1) is 12.4 Å². The number of pyridine rings is 1. The predicted molar refractivity (Wildman–Crippen MR) is 102 cm³/mol. The second-order valence-electron chi connectivity index (χ2n) is 6.09. The van der Waals surface area contributed by atoms with Gasteiger partial charge in [-0.3, -0.25) is 4.98 Å². The highest BCUT2D eigenvalue weighted by Gasteiger charge is 2.36. The number of rotatable bonds is 3. The van der Waals surface area contributed by atoms with E-state index in [0.29, 0.717) is 19.6 Å². The minimum absolute atomic E-state index is 0. The zero-order valence-electron chi connectivity index (χ0n) is 14.2. The summed E-state index contributed by atoms with van der Waals surface area (Å²) in [5.41, 5.74) is 0.780. The van der Waals surface area contributed by atoms with E-state index in [1.807, 2.05) is 23.9 Å². The minimum atomic E-state index is -3.63. The smallest absolute Gasteiger partial charge is 0.243 e. The summed E-state index contributed by atoms with van der Waals surface area (Å²) in [7, 11) is -1.75. The normalized spacial score (nSPS) is 18.6. The average Bonchev–Trinajstić information content (AvgIpc) is 3.07. The summed E-state index contributed by atoms with van der Waals surface area (Å²) in [5, 5.41) is 4.08. The Kier molecular flexibility index (Phi) is 5.29. The topological polar surface area (TPSA) is 80.1 Å². The lowest BCUT2D eigenvalue weighted by molar-refractivity contribution is 0.258. The van der Waals surface area contributed by atoms with E-state index in [4.69, 9.17) is 0 Å². The molecule has 3 heterocycles. The Morgan fingerprint density at radius 2 is 2.04 bits per heavy atom. The maximum absolute atomic E-state index is 13.3. The lowest BCUT2D eigenvalue weighted by atomic mass is 10.2. The highest BCUT2D eigenvalue weighted by Crippen LogP contribution is 2.29. The van der Waals surface area contributed by atoms with Crippen LogP contribution in [0.25, 0.3) is 10.9 Å². The van der Waals surface area contributed by atoms with Gasteiger partial charge in [0.1, 0.15) is 5.82 Å². The Balaban J connectivity index is 0.00000196. The Morgan fingerprint density at radius 1 is 1.19 bits per heavy atom. The van der Waals surface area contributed by atoms with Gasteiger partial charge in [-0.1, -0.05) is 6.07 Å². The summed E-state index contributed by atoms with van der Waals surface area (Å²) in [5.74, 6) is 0.734. The molecule has 9 heteroatoms. The Bertz CT molecular complexity index is 1020. The fourth-order valence-corrected chi connectivity index (χ4v) is 4.86. The van der Waals surface area contributed by atoms with Crippen LogP contribution in [0.4, 0.5) is 0 Å². The molecule has 1 aliphatic rings. The standard InChI is InChI=1S/C17H19N5O2S.ClH/c1-21-9-8-20-17(21)16-12-18-7-10-22(16)25(23,24)14-4-5-15-13(11-14)3-2-6-19-15;/h2-6,8-9,11,16,18H,7,10,12H2,1H3;1H. The number of piperazine rings is 1. The fourth-order valence-electron chi connectivity index (χ4n) is 3.24. The number of sulfonamides is 1. The second kappa shape index (κ2) is 7.32. The maximum Gasteiger partial charge on any atom is 0.243 e. The quantitative estimate of drug-likeness (QED) is 0.733. The highest BCUT2D eigenvalue weighted by molar-refractivity contribution is 7.89. The van der Waals surface area contributed by atoms with Gasteiger partial charge in [0.2, 0.25) is 10.0 Å². The first kappa shape index (κ1) is 18.8. The molecule has 1 aromatic carbocycles. The molecule has 7 nitrogen and oxygen atoms in total. The highest BCUT2D eigenvalue weighted by atomic mass is 35.5. The third-order valence-electron chi connectivity index (χ3n) is 4.53. The van der Waals surface area contributed by atoms with E-state index in [9.17, 15) is 8.42 Å². The average molecular weight is 394 g/mol. The number of nitrogens with zero attached hydrogens (tertiary/aromatic N) is 4. The molecule has 1 aliphatic heterocycles. The van der Waals surface area contributed by atoms with Crippen LogP contribution in [0.2, 0.25) is 0 Å². The second-order valence-corrected chi connectivity index (χ2v) is 7.98. The van der Waals surface area contributed by atoms with Crippen molar-refractivity contribution in [3.8, 4) is 0 Å². The summed E-state index contributed by atoms with van der Waals surface area (Å²) >= 11 is 0. The first-order chi connectivity index (χ1) is 12.1. The molecule has 4 rings (SSSR count). The maximum atomic E-state index is 13.3. The van der Waals surface area contributed by atoms with Gasteiger partial charge in [0.05, 0.1) is 16.5 Å². The molecule has 138 valence electrons. The van der Waals surface area contributed by atoms with Gasteiger partial charge >= 0.3 is 0 Å². The van der Waals surface area contributed by atoms with Crippen LogP contribution in [0.3, 0.4) is 0 Å². The van der Waals surface area contributed by atoms with E-state index < -0.39 is 10.0 Å². The summed E-state index contributed by atoms with van der Waals surface area (Å²) < 4.78 is 30.0. The summed E-state index contributed by atoms with van der Waals surface area (Å²) in [6.45, 7) is 1.57. The van der Waals surface area contributed by atoms with Crippen molar-refractivity contribution < 1.29 is 8.42 Å². The van der Waals surface area contributed by atoms with E-state index in [1.54, 1.807) is 41.0 Å². The van der Waals surface area contributed by atoms with Gasteiger partial charge in [0.25, 0.3) is 0 Å². The van der Waals surface area contributed by atoms with Gasteiger partial charge < -0.3 is 9.88 Å². The minimum Gasteiger partial charge on any atom is -0.337 e. The number of nitrogens with one attached hydrogen (secondary N) is 1. The van der Waals surface area contributed by atoms with Crippen molar-refractivity contribution in [2.75, 3.05) is 19.6 Å². The van der Waals surface area contributed by atoms with Crippen molar-refractivity contribution in [3.05, 3.63) is 54.7 Å². The number of hydrogen-bond donors (Lipinski definition) is 1. The fraction of sp³-hybridized carbons (Fsp3) is 0.294. The molecule has 0 spiro atoms. The third kappa shape index (κ3) is 3.21. The van der Waals surface area contributed by atoms with Crippen molar-refractivity contribution in [1.82, 2.24) is 24.2 Å². The number of benzene rings is 1. The molecular formula is C17H20ClN5O2S. The van der Waals surface area contributed by atoms with Gasteiger partial charge in [-0.25, -0.2) is 13.4 Å². The molecule has 0 bridgehead atoms. The lowest BCUT2D eigenvalue weighted by Gasteiger charge is -2.34. The van der Waals surface area contributed by atoms with Crippen LogP contribution < -0.4 is 5.32 Å². The summed E-state index contributed by atoms with van der Waals surface area (Å²) in [6.07, 6.45) is 5.22. The number of halogens is 1. The van der Waals surface area contributed by atoms with Crippen LogP contribution in [0.15, 0.2) is 53.8 Å². The number of aromatic nitrogens is 3. The van der Waals surface area contributed by atoms with Crippen LogP contribution in [-0.2, 0) is 17.1 Å². The Hall–Kier alpha value is -2.00. The Morgan fingerprint density at radius 3 is 2.81 bits per heavy atom. The molecule has 1 atom stereocenters. The van der Waals surface area contributed by atoms with E-state index in [0.717, 1.165) is 16.7 Å². The first-order valence-corrected chi connectivity index (χ1v) is 9.56. The van der Waals surface area contributed by atoms with Crippen LogP contribution >= 0.6 is 12.4 Å². The lowest BCUT2D eigenvalue weighted by Crippen LogP contribution is -2.49. The SMILES string of the molecule is Cl.Cn1ccnc1C1CNCCN1S(=O)(=O)c1ccc2ncccc2c1. The van der Waals surface area contributed by atoms with E-state index in [-0.39, 0.29) is 23.3 Å². The molecule has 1 N–H and O–H groups in total. The Labute approximate surface area is 158 Å².